The maximum Gasteiger partial charge on any atom is 0.331 e. The SMILES string of the molecule is O=C(COC(=O)/C=C/Sc1ccccc1)Nc1ccc(N2CCCC2=O)cc1. The molecule has 2 aromatic rings. The minimum absolute atomic E-state index is 0.113. The van der Waals surface area contributed by atoms with E-state index in [2.05, 4.69) is 5.32 Å². The van der Waals surface area contributed by atoms with E-state index in [1.807, 2.05) is 30.3 Å². The molecule has 2 amide bonds. The zero-order chi connectivity index (χ0) is 19.8. The zero-order valence-electron chi connectivity index (χ0n) is 15.2. The first-order valence-electron chi connectivity index (χ1n) is 8.87. The fourth-order valence-electron chi connectivity index (χ4n) is 2.69. The molecular weight excluding hydrogens is 376 g/mol. The second-order valence-electron chi connectivity index (χ2n) is 6.09. The summed E-state index contributed by atoms with van der Waals surface area (Å²) in [5.74, 6) is -0.897. The van der Waals surface area contributed by atoms with Crippen molar-refractivity contribution >= 4 is 40.9 Å². The minimum atomic E-state index is -0.582. The van der Waals surface area contributed by atoms with Gasteiger partial charge in [-0.3, -0.25) is 9.59 Å². The predicted octanol–water partition coefficient (Wildman–Crippen LogP) is 3.60. The van der Waals surface area contributed by atoms with Crippen LogP contribution in [-0.4, -0.2) is 30.9 Å². The summed E-state index contributed by atoms with van der Waals surface area (Å²) >= 11 is 1.39. The van der Waals surface area contributed by atoms with Crippen LogP contribution in [0.3, 0.4) is 0 Å². The van der Waals surface area contributed by atoms with Gasteiger partial charge in [0.1, 0.15) is 0 Å². The summed E-state index contributed by atoms with van der Waals surface area (Å²) in [6, 6.07) is 16.6. The highest BCUT2D eigenvalue weighted by Gasteiger charge is 2.21. The Labute approximate surface area is 167 Å². The highest BCUT2D eigenvalue weighted by molar-refractivity contribution is 8.02. The third-order valence-corrected chi connectivity index (χ3v) is 4.85. The standard InChI is InChI=1S/C21H20N2O4S/c24-19(15-27-21(26)12-14-28-18-5-2-1-3-6-18)22-16-8-10-17(11-9-16)23-13-4-7-20(23)25/h1-3,5-6,8-12,14H,4,7,13,15H2,(H,22,24)/b14-12+. The number of carbonyl (C=O) groups is 3. The molecule has 0 unspecified atom stereocenters. The van der Waals surface area contributed by atoms with Crippen LogP contribution in [0.5, 0.6) is 0 Å². The van der Waals surface area contributed by atoms with E-state index >= 15 is 0 Å². The largest absolute Gasteiger partial charge is 0.452 e. The molecule has 0 bridgehead atoms. The molecule has 3 rings (SSSR count). The number of amides is 2. The third-order valence-electron chi connectivity index (χ3n) is 4.03. The van der Waals surface area contributed by atoms with Gasteiger partial charge in [0.25, 0.3) is 5.91 Å². The Balaban J connectivity index is 1.41. The lowest BCUT2D eigenvalue weighted by atomic mass is 10.2. The van der Waals surface area contributed by atoms with Crippen LogP contribution in [0.25, 0.3) is 0 Å². The summed E-state index contributed by atoms with van der Waals surface area (Å²) in [4.78, 5) is 38.1. The van der Waals surface area contributed by atoms with E-state index in [1.54, 1.807) is 34.6 Å². The number of carbonyl (C=O) groups excluding carboxylic acids is 3. The number of anilines is 2. The molecular formula is C21H20N2O4S. The molecule has 2 aromatic carbocycles. The molecule has 7 heteroatoms. The highest BCUT2D eigenvalue weighted by Crippen LogP contribution is 2.23. The molecule has 144 valence electrons. The van der Waals surface area contributed by atoms with Gasteiger partial charge in [-0.2, -0.15) is 0 Å². The van der Waals surface area contributed by atoms with Crippen LogP contribution in [-0.2, 0) is 19.1 Å². The van der Waals surface area contributed by atoms with Gasteiger partial charge in [0, 0.05) is 35.3 Å². The summed E-state index contributed by atoms with van der Waals surface area (Å²) in [5.41, 5.74) is 1.39. The number of rotatable bonds is 7. The number of hydrogen-bond donors (Lipinski definition) is 1. The Hall–Kier alpha value is -3.06. The zero-order valence-corrected chi connectivity index (χ0v) is 16.0. The molecule has 1 fully saturated rings. The molecule has 0 spiro atoms. The third kappa shape index (κ3) is 5.72. The molecule has 1 heterocycles. The molecule has 1 saturated heterocycles. The van der Waals surface area contributed by atoms with Crippen LogP contribution in [0.4, 0.5) is 11.4 Å². The van der Waals surface area contributed by atoms with Crippen molar-refractivity contribution in [2.45, 2.75) is 17.7 Å². The maximum atomic E-state index is 11.9. The Morgan fingerprint density at radius 1 is 1.11 bits per heavy atom. The molecule has 1 N–H and O–H groups in total. The van der Waals surface area contributed by atoms with Crippen molar-refractivity contribution < 1.29 is 19.1 Å². The summed E-state index contributed by atoms with van der Waals surface area (Å²) < 4.78 is 4.93. The van der Waals surface area contributed by atoms with E-state index in [1.165, 1.54) is 17.8 Å². The number of nitrogens with one attached hydrogen (secondary N) is 1. The Bertz CT molecular complexity index is 866. The van der Waals surface area contributed by atoms with Gasteiger partial charge < -0.3 is 15.0 Å². The summed E-state index contributed by atoms with van der Waals surface area (Å²) in [6.45, 7) is 0.349. The normalized spacial score (nSPS) is 13.7. The molecule has 0 saturated carbocycles. The minimum Gasteiger partial charge on any atom is -0.452 e. The second-order valence-corrected chi connectivity index (χ2v) is 7.06. The van der Waals surface area contributed by atoms with E-state index in [9.17, 15) is 14.4 Å². The van der Waals surface area contributed by atoms with Gasteiger partial charge in [0.2, 0.25) is 5.91 Å². The van der Waals surface area contributed by atoms with Crippen molar-refractivity contribution in [2.75, 3.05) is 23.4 Å². The lowest BCUT2D eigenvalue weighted by Crippen LogP contribution is -2.23. The Morgan fingerprint density at radius 3 is 2.54 bits per heavy atom. The number of hydrogen-bond acceptors (Lipinski definition) is 5. The molecule has 0 aliphatic carbocycles. The molecule has 28 heavy (non-hydrogen) atoms. The van der Waals surface area contributed by atoms with Crippen LogP contribution in [0, 0.1) is 0 Å². The first kappa shape index (κ1) is 19.7. The smallest absolute Gasteiger partial charge is 0.331 e. The van der Waals surface area contributed by atoms with Crippen molar-refractivity contribution in [1.82, 2.24) is 0 Å². The van der Waals surface area contributed by atoms with Gasteiger partial charge in [-0.15, -0.1) is 0 Å². The van der Waals surface area contributed by atoms with E-state index in [4.69, 9.17) is 4.74 Å². The highest BCUT2D eigenvalue weighted by atomic mass is 32.2. The van der Waals surface area contributed by atoms with E-state index in [0.717, 1.165) is 23.5 Å². The lowest BCUT2D eigenvalue weighted by molar-refractivity contribution is -0.142. The maximum absolute atomic E-state index is 11.9. The lowest BCUT2D eigenvalue weighted by Gasteiger charge is -2.16. The average molecular weight is 396 g/mol. The quantitative estimate of drug-likeness (QED) is 0.440. The van der Waals surface area contributed by atoms with Crippen LogP contribution in [0.1, 0.15) is 12.8 Å². The molecule has 0 atom stereocenters. The summed E-state index contributed by atoms with van der Waals surface area (Å²) in [5, 5.41) is 4.28. The number of benzene rings is 2. The van der Waals surface area contributed by atoms with Crippen LogP contribution in [0.15, 0.2) is 71.0 Å². The second kappa shape index (κ2) is 9.75. The van der Waals surface area contributed by atoms with Gasteiger partial charge in [-0.1, -0.05) is 30.0 Å². The number of nitrogens with zero attached hydrogens (tertiary/aromatic N) is 1. The van der Waals surface area contributed by atoms with Gasteiger partial charge in [0.15, 0.2) is 6.61 Å². The fraction of sp³-hybridized carbons (Fsp3) is 0.190. The van der Waals surface area contributed by atoms with Gasteiger partial charge in [0.05, 0.1) is 0 Å². The van der Waals surface area contributed by atoms with Crippen molar-refractivity contribution in [2.24, 2.45) is 0 Å². The fourth-order valence-corrected chi connectivity index (χ4v) is 3.35. The van der Waals surface area contributed by atoms with Crippen molar-refractivity contribution in [3.8, 4) is 0 Å². The van der Waals surface area contributed by atoms with Crippen molar-refractivity contribution in [1.29, 1.82) is 0 Å². The van der Waals surface area contributed by atoms with Gasteiger partial charge in [-0.25, -0.2) is 4.79 Å². The molecule has 0 radical (unpaired) electrons. The van der Waals surface area contributed by atoms with Crippen molar-refractivity contribution in [3.63, 3.8) is 0 Å². The topological polar surface area (TPSA) is 75.7 Å². The van der Waals surface area contributed by atoms with Crippen LogP contribution >= 0.6 is 11.8 Å². The Morgan fingerprint density at radius 2 is 1.86 bits per heavy atom. The van der Waals surface area contributed by atoms with E-state index < -0.39 is 11.9 Å². The molecule has 0 aromatic heterocycles. The predicted molar refractivity (Wildman–Crippen MR) is 109 cm³/mol. The van der Waals surface area contributed by atoms with E-state index in [0.29, 0.717) is 12.1 Å². The van der Waals surface area contributed by atoms with Crippen LogP contribution in [0.2, 0.25) is 0 Å². The molecule has 1 aliphatic heterocycles. The monoisotopic (exact) mass is 396 g/mol. The van der Waals surface area contributed by atoms with E-state index in [-0.39, 0.29) is 12.5 Å². The Kier molecular flexibility index (Phi) is 6.86. The average Bonchev–Trinajstić information content (AvgIpc) is 3.14. The van der Waals surface area contributed by atoms with Crippen molar-refractivity contribution in [3.05, 3.63) is 66.1 Å². The summed E-state index contributed by atoms with van der Waals surface area (Å²) in [6.07, 6.45) is 2.72. The summed E-state index contributed by atoms with van der Waals surface area (Å²) in [7, 11) is 0. The first-order valence-corrected chi connectivity index (χ1v) is 9.75. The molecule has 1 aliphatic rings. The van der Waals surface area contributed by atoms with Gasteiger partial charge in [-0.05, 0) is 48.2 Å². The van der Waals surface area contributed by atoms with Gasteiger partial charge >= 0.3 is 5.97 Å². The molecule has 6 nitrogen and oxygen atoms in total. The number of esters is 1. The first-order chi connectivity index (χ1) is 13.6. The van der Waals surface area contributed by atoms with Crippen LogP contribution < -0.4 is 10.2 Å². The number of thioether (sulfide) groups is 1. The number of ether oxygens (including phenoxy) is 1.